The first kappa shape index (κ1) is 13.6. The van der Waals surface area contributed by atoms with Crippen LogP contribution in [0.4, 0.5) is 0 Å². The molecule has 0 amide bonds. The maximum Gasteiger partial charge on any atom is 0.212 e. The summed E-state index contributed by atoms with van der Waals surface area (Å²) in [5.41, 5.74) is 0.917. The Morgan fingerprint density at radius 3 is 2.71 bits per heavy atom. The molecule has 1 heterocycles. The number of hydrogen-bond acceptors (Lipinski definition) is 4. The van der Waals surface area contributed by atoms with Crippen molar-refractivity contribution in [3.05, 3.63) is 23.9 Å². The fraction of sp³-hybridized carbons (Fsp3) is 0.538. The van der Waals surface area contributed by atoms with E-state index in [1.54, 1.807) is 26.5 Å². The van der Waals surface area contributed by atoms with E-state index in [-0.39, 0.29) is 11.7 Å². The highest BCUT2D eigenvalue weighted by molar-refractivity contribution is 5.82. The monoisotopic (exact) mass is 237 g/mol. The zero-order chi connectivity index (χ0) is 12.7. The van der Waals surface area contributed by atoms with E-state index in [1.807, 2.05) is 13.0 Å². The van der Waals surface area contributed by atoms with E-state index < -0.39 is 0 Å². The molecule has 0 radical (unpaired) electrons. The van der Waals surface area contributed by atoms with Gasteiger partial charge in [-0.25, -0.2) is 4.98 Å². The highest BCUT2D eigenvalue weighted by Crippen LogP contribution is 2.11. The first-order valence-corrected chi connectivity index (χ1v) is 5.68. The normalized spacial score (nSPS) is 12.2. The molecule has 0 fully saturated rings. The van der Waals surface area contributed by atoms with Crippen molar-refractivity contribution in [2.24, 2.45) is 5.92 Å². The lowest BCUT2D eigenvalue weighted by Gasteiger charge is -2.09. The third-order valence-corrected chi connectivity index (χ3v) is 2.69. The quantitative estimate of drug-likeness (QED) is 0.726. The van der Waals surface area contributed by atoms with Crippen LogP contribution in [-0.2, 0) is 16.0 Å². The predicted octanol–water partition coefficient (Wildman–Crippen LogP) is 1.87. The van der Waals surface area contributed by atoms with Crippen molar-refractivity contribution in [3.8, 4) is 5.88 Å². The second-order valence-electron chi connectivity index (χ2n) is 4.03. The molecule has 0 aliphatic carbocycles. The summed E-state index contributed by atoms with van der Waals surface area (Å²) in [6.45, 7) is 2.55. The van der Waals surface area contributed by atoms with Crippen LogP contribution in [0.1, 0.15) is 18.9 Å². The molecule has 4 heteroatoms. The van der Waals surface area contributed by atoms with E-state index in [9.17, 15) is 4.79 Å². The third kappa shape index (κ3) is 4.53. The lowest BCUT2D eigenvalue weighted by Crippen LogP contribution is -2.15. The van der Waals surface area contributed by atoms with Gasteiger partial charge in [0.1, 0.15) is 5.78 Å². The van der Waals surface area contributed by atoms with Crippen LogP contribution in [0.3, 0.4) is 0 Å². The number of pyridine rings is 1. The van der Waals surface area contributed by atoms with Crippen molar-refractivity contribution in [1.29, 1.82) is 0 Å². The standard InChI is InChI=1S/C13H19NO3/c1-10(6-7-16-2)12(15)8-11-4-5-13(17-3)14-9-11/h4-5,9-10H,6-8H2,1-3H3. The number of ketones is 1. The minimum Gasteiger partial charge on any atom is -0.481 e. The highest BCUT2D eigenvalue weighted by atomic mass is 16.5. The largest absolute Gasteiger partial charge is 0.481 e. The van der Waals surface area contributed by atoms with Crippen LogP contribution in [0, 0.1) is 5.92 Å². The molecule has 1 aromatic rings. The Bertz CT molecular complexity index is 348. The van der Waals surface area contributed by atoms with Gasteiger partial charge < -0.3 is 9.47 Å². The molecule has 0 saturated carbocycles. The van der Waals surface area contributed by atoms with E-state index in [0.29, 0.717) is 18.9 Å². The van der Waals surface area contributed by atoms with Crippen LogP contribution >= 0.6 is 0 Å². The highest BCUT2D eigenvalue weighted by Gasteiger charge is 2.13. The number of carbonyl (C=O) groups excluding carboxylic acids is 1. The van der Waals surface area contributed by atoms with Crippen LogP contribution in [0.2, 0.25) is 0 Å². The van der Waals surface area contributed by atoms with Crippen molar-refractivity contribution in [2.45, 2.75) is 19.8 Å². The van der Waals surface area contributed by atoms with Gasteiger partial charge in [0, 0.05) is 38.3 Å². The van der Waals surface area contributed by atoms with Crippen molar-refractivity contribution in [2.75, 3.05) is 20.8 Å². The van der Waals surface area contributed by atoms with Gasteiger partial charge in [0.25, 0.3) is 0 Å². The first-order valence-electron chi connectivity index (χ1n) is 5.68. The molecule has 0 aromatic carbocycles. The van der Waals surface area contributed by atoms with Crippen molar-refractivity contribution in [1.82, 2.24) is 4.98 Å². The van der Waals surface area contributed by atoms with E-state index in [2.05, 4.69) is 4.98 Å². The summed E-state index contributed by atoms with van der Waals surface area (Å²) in [6.07, 6.45) is 2.86. The van der Waals surface area contributed by atoms with Gasteiger partial charge in [0.15, 0.2) is 0 Å². The molecule has 17 heavy (non-hydrogen) atoms. The Morgan fingerprint density at radius 1 is 1.41 bits per heavy atom. The van der Waals surface area contributed by atoms with Crippen molar-refractivity contribution in [3.63, 3.8) is 0 Å². The molecule has 4 nitrogen and oxygen atoms in total. The number of nitrogens with zero attached hydrogens (tertiary/aromatic N) is 1. The molecule has 0 N–H and O–H groups in total. The zero-order valence-electron chi connectivity index (χ0n) is 10.6. The Morgan fingerprint density at radius 2 is 2.18 bits per heavy atom. The average Bonchev–Trinajstić information content (AvgIpc) is 2.36. The molecule has 1 aromatic heterocycles. The Balaban J connectivity index is 2.49. The van der Waals surface area contributed by atoms with E-state index in [1.165, 1.54) is 0 Å². The molecule has 1 unspecified atom stereocenters. The number of ether oxygens (including phenoxy) is 2. The summed E-state index contributed by atoms with van der Waals surface area (Å²) in [5, 5.41) is 0. The Kier molecular flexibility index (Phi) is 5.63. The summed E-state index contributed by atoms with van der Waals surface area (Å²) in [4.78, 5) is 15.9. The Hall–Kier alpha value is -1.42. The molecule has 0 saturated heterocycles. The van der Waals surface area contributed by atoms with Crippen LogP contribution in [0.15, 0.2) is 18.3 Å². The summed E-state index contributed by atoms with van der Waals surface area (Å²) in [6, 6.07) is 3.63. The lowest BCUT2D eigenvalue weighted by atomic mass is 9.98. The van der Waals surface area contributed by atoms with Gasteiger partial charge in [-0.15, -0.1) is 0 Å². The number of carbonyl (C=O) groups is 1. The number of Topliss-reactive ketones (excluding diaryl/α,β-unsaturated/α-hetero) is 1. The molecular formula is C13H19NO3. The minimum atomic E-state index is 0.0250. The summed E-state index contributed by atoms with van der Waals surface area (Å²) in [7, 11) is 3.21. The summed E-state index contributed by atoms with van der Waals surface area (Å²) in [5.74, 6) is 0.805. The molecule has 1 rings (SSSR count). The molecule has 0 spiro atoms. The molecular weight excluding hydrogens is 218 g/mol. The van der Waals surface area contributed by atoms with E-state index in [0.717, 1.165) is 12.0 Å². The number of rotatable bonds is 7. The van der Waals surface area contributed by atoms with Gasteiger partial charge in [0.05, 0.1) is 7.11 Å². The van der Waals surface area contributed by atoms with Crippen LogP contribution in [0.5, 0.6) is 5.88 Å². The molecule has 1 atom stereocenters. The molecule has 0 aliphatic rings. The third-order valence-electron chi connectivity index (χ3n) is 2.69. The van der Waals surface area contributed by atoms with Crippen LogP contribution in [-0.4, -0.2) is 31.6 Å². The molecule has 0 bridgehead atoms. The topological polar surface area (TPSA) is 48.4 Å². The first-order chi connectivity index (χ1) is 8.17. The van der Waals surface area contributed by atoms with Gasteiger partial charge in [-0.1, -0.05) is 13.0 Å². The minimum absolute atomic E-state index is 0.0250. The van der Waals surface area contributed by atoms with Gasteiger partial charge >= 0.3 is 0 Å². The number of hydrogen-bond donors (Lipinski definition) is 0. The van der Waals surface area contributed by atoms with Crippen molar-refractivity contribution >= 4 is 5.78 Å². The SMILES string of the molecule is COCCC(C)C(=O)Cc1ccc(OC)nc1. The maximum absolute atomic E-state index is 11.9. The predicted molar refractivity (Wildman–Crippen MR) is 65.2 cm³/mol. The Labute approximate surface area is 102 Å². The second-order valence-corrected chi connectivity index (χ2v) is 4.03. The summed E-state index contributed by atoms with van der Waals surface area (Å²) < 4.78 is 9.92. The van der Waals surface area contributed by atoms with E-state index in [4.69, 9.17) is 9.47 Å². The molecule has 0 aliphatic heterocycles. The fourth-order valence-corrected chi connectivity index (χ4v) is 1.47. The number of aromatic nitrogens is 1. The average molecular weight is 237 g/mol. The second kappa shape index (κ2) is 7.01. The summed E-state index contributed by atoms with van der Waals surface area (Å²) >= 11 is 0. The number of methoxy groups -OCH3 is 2. The van der Waals surface area contributed by atoms with Gasteiger partial charge in [-0.3, -0.25) is 4.79 Å². The van der Waals surface area contributed by atoms with Crippen LogP contribution in [0.25, 0.3) is 0 Å². The van der Waals surface area contributed by atoms with Crippen molar-refractivity contribution < 1.29 is 14.3 Å². The van der Waals surface area contributed by atoms with Gasteiger partial charge in [-0.2, -0.15) is 0 Å². The molecule has 94 valence electrons. The maximum atomic E-state index is 11.9. The fourth-order valence-electron chi connectivity index (χ4n) is 1.47. The van der Waals surface area contributed by atoms with Gasteiger partial charge in [0.2, 0.25) is 5.88 Å². The van der Waals surface area contributed by atoms with Gasteiger partial charge in [-0.05, 0) is 12.0 Å². The smallest absolute Gasteiger partial charge is 0.212 e. The van der Waals surface area contributed by atoms with E-state index >= 15 is 0 Å². The van der Waals surface area contributed by atoms with Crippen LogP contribution < -0.4 is 4.74 Å². The lowest BCUT2D eigenvalue weighted by molar-refractivity contribution is -0.122. The zero-order valence-corrected chi connectivity index (χ0v) is 10.6.